The quantitative estimate of drug-likeness (QED) is 0.649. The number of aromatic nitrogens is 2. The van der Waals surface area contributed by atoms with E-state index in [0.717, 1.165) is 32.5 Å². The molecule has 2 aliphatic rings. The molecule has 3 aromatic rings. The summed E-state index contributed by atoms with van der Waals surface area (Å²) in [6.45, 7) is 3.52. The van der Waals surface area contributed by atoms with Crippen LogP contribution in [0.3, 0.4) is 0 Å². The zero-order chi connectivity index (χ0) is 22.8. The number of hydrogen-bond donors (Lipinski definition) is 1. The zero-order valence-corrected chi connectivity index (χ0v) is 18.1. The molecule has 0 saturated carbocycles. The van der Waals surface area contributed by atoms with E-state index in [-0.39, 0.29) is 29.3 Å². The Morgan fingerprint density at radius 2 is 1.91 bits per heavy atom. The Morgan fingerprint density at radius 3 is 2.67 bits per heavy atom. The maximum atomic E-state index is 13.5. The average Bonchev–Trinajstić information content (AvgIpc) is 3.19. The predicted molar refractivity (Wildman–Crippen MR) is 121 cm³/mol. The molecule has 8 heteroatoms. The minimum absolute atomic E-state index is 0.0414. The maximum Gasteiger partial charge on any atom is 0.352 e. The van der Waals surface area contributed by atoms with Gasteiger partial charge in [-0.2, -0.15) is 10.2 Å². The smallest absolute Gasteiger partial charge is 0.352 e. The van der Waals surface area contributed by atoms with Gasteiger partial charge in [0.1, 0.15) is 24.3 Å². The molecule has 0 unspecified atom stereocenters. The highest BCUT2D eigenvalue weighted by atomic mass is 19.1. The molecular formula is C25H24FN5O2. The van der Waals surface area contributed by atoms with Gasteiger partial charge in [-0.05, 0) is 36.1 Å². The molecule has 0 radical (unpaired) electrons. The minimum Gasteiger partial charge on any atom is -0.473 e. The monoisotopic (exact) mass is 445 g/mol. The Bertz CT molecular complexity index is 1260. The number of nitriles is 1. The van der Waals surface area contributed by atoms with Crippen LogP contribution in [0.2, 0.25) is 0 Å². The van der Waals surface area contributed by atoms with Crippen molar-refractivity contribution in [3.8, 4) is 11.9 Å². The number of piperidine rings is 1. The first-order valence-corrected chi connectivity index (χ1v) is 11.0. The fourth-order valence-corrected chi connectivity index (χ4v) is 4.60. The third-order valence-electron chi connectivity index (χ3n) is 6.44. The Hall–Kier alpha value is -3.70. The van der Waals surface area contributed by atoms with Gasteiger partial charge in [0, 0.05) is 25.7 Å². The van der Waals surface area contributed by atoms with Gasteiger partial charge in [-0.1, -0.05) is 36.4 Å². The molecule has 1 N–H and O–H groups in total. The summed E-state index contributed by atoms with van der Waals surface area (Å²) in [5.41, 5.74) is 1.39. The van der Waals surface area contributed by atoms with Gasteiger partial charge in [0.15, 0.2) is 0 Å². The van der Waals surface area contributed by atoms with Gasteiger partial charge in [0.2, 0.25) is 5.88 Å². The van der Waals surface area contributed by atoms with Crippen molar-refractivity contribution >= 4 is 5.82 Å². The minimum atomic E-state index is -0.570. The van der Waals surface area contributed by atoms with E-state index in [1.165, 1.54) is 17.7 Å². The molecule has 0 amide bonds. The van der Waals surface area contributed by atoms with Crippen LogP contribution in [0, 0.1) is 17.1 Å². The van der Waals surface area contributed by atoms with Crippen LogP contribution in [0.4, 0.5) is 10.2 Å². The van der Waals surface area contributed by atoms with E-state index in [2.05, 4.69) is 39.5 Å². The standard InChI is InChI=1S/C25H24FN5O2/c26-21-7-6-19(12-20(21)14-27)16-33-23-13-22-29-25(17-31(22)24(32)28-23)8-10-30(11-9-25)15-18-4-2-1-3-5-18/h1-7,12-13,29H,8-11,15-17H2. The summed E-state index contributed by atoms with van der Waals surface area (Å²) in [6.07, 6.45) is 1.87. The normalized spacial score (nSPS) is 16.7. The summed E-state index contributed by atoms with van der Waals surface area (Å²) in [4.78, 5) is 19.2. The van der Waals surface area contributed by atoms with Gasteiger partial charge in [-0.25, -0.2) is 9.18 Å². The van der Waals surface area contributed by atoms with E-state index in [4.69, 9.17) is 10.00 Å². The number of hydrogen-bond acceptors (Lipinski definition) is 6. The SMILES string of the molecule is N#Cc1cc(COc2cc3n(c(=O)n2)CC2(CCN(Cc4ccccc4)CC2)N3)ccc1F. The fourth-order valence-electron chi connectivity index (χ4n) is 4.60. The van der Waals surface area contributed by atoms with E-state index in [1.54, 1.807) is 16.7 Å². The Labute approximate surface area is 191 Å². The zero-order valence-electron chi connectivity index (χ0n) is 18.1. The first kappa shape index (κ1) is 21.2. The molecule has 2 aromatic carbocycles. The van der Waals surface area contributed by atoms with Crippen LogP contribution in [0.25, 0.3) is 0 Å². The summed E-state index contributed by atoms with van der Waals surface area (Å²) in [7, 11) is 0. The molecule has 7 nitrogen and oxygen atoms in total. The van der Waals surface area contributed by atoms with Gasteiger partial charge in [-0.15, -0.1) is 0 Å². The number of benzene rings is 2. The number of nitrogens with one attached hydrogen (secondary N) is 1. The first-order chi connectivity index (χ1) is 16.0. The second-order valence-electron chi connectivity index (χ2n) is 8.73. The molecule has 5 rings (SSSR count). The van der Waals surface area contributed by atoms with Crippen LogP contribution >= 0.6 is 0 Å². The molecule has 1 saturated heterocycles. The molecule has 2 aliphatic heterocycles. The summed E-state index contributed by atoms with van der Waals surface area (Å²) < 4.78 is 20.9. The van der Waals surface area contributed by atoms with Crippen molar-refractivity contribution in [2.24, 2.45) is 0 Å². The molecule has 1 spiro atoms. The molecule has 0 atom stereocenters. The lowest BCUT2D eigenvalue weighted by molar-refractivity contribution is 0.162. The highest BCUT2D eigenvalue weighted by Gasteiger charge is 2.40. The van der Waals surface area contributed by atoms with Crippen LogP contribution in [0.1, 0.15) is 29.5 Å². The summed E-state index contributed by atoms with van der Waals surface area (Å²) >= 11 is 0. The highest BCUT2D eigenvalue weighted by molar-refractivity contribution is 5.46. The number of rotatable bonds is 5. The number of ether oxygens (including phenoxy) is 1. The second kappa shape index (κ2) is 8.68. The van der Waals surface area contributed by atoms with Crippen LogP contribution in [-0.2, 0) is 19.7 Å². The van der Waals surface area contributed by atoms with Gasteiger partial charge in [0.05, 0.1) is 17.6 Å². The van der Waals surface area contributed by atoms with Crippen molar-refractivity contribution in [2.45, 2.75) is 38.1 Å². The predicted octanol–water partition coefficient (Wildman–Crippen LogP) is 3.29. The lowest BCUT2D eigenvalue weighted by Gasteiger charge is -2.39. The summed E-state index contributed by atoms with van der Waals surface area (Å²) in [5, 5.41) is 12.5. The largest absolute Gasteiger partial charge is 0.473 e. The van der Waals surface area contributed by atoms with Gasteiger partial charge in [0.25, 0.3) is 0 Å². The van der Waals surface area contributed by atoms with Crippen molar-refractivity contribution in [3.63, 3.8) is 0 Å². The van der Waals surface area contributed by atoms with Crippen LogP contribution in [0.5, 0.6) is 5.88 Å². The second-order valence-corrected chi connectivity index (χ2v) is 8.73. The number of nitrogens with zero attached hydrogens (tertiary/aromatic N) is 4. The fraction of sp³-hybridized carbons (Fsp3) is 0.320. The van der Waals surface area contributed by atoms with Gasteiger partial charge >= 0.3 is 5.69 Å². The summed E-state index contributed by atoms with van der Waals surface area (Å²) in [5.74, 6) is 0.345. The van der Waals surface area contributed by atoms with E-state index in [9.17, 15) is 9.18 Å². The third kappa shape index (κ3) is 4.45. The number of fused-ring (bicyclic) bond motifs is 1. The summed E-state index contributed by atoms with van der Waals surface area (Å²) in [6, 6.07) is 18.2. The average molecular weight is 445 g/mol. The van der Waals surface area contributed by atoms with Gasteiger partial charge in [-0.3, -0.25) is 9.47 Å². The molecule has 1 fully saturated rings. The molecule has 0 bridgehead atoms. The molecule has 168 valence electrons. The Balaban J connectivity index is 1.23. The van der Waals surface area contributed by atoms with E-state index >= 15 is 0 Å². The Morgan fingerprint density at radius 1 is 1.12 bits per heavy atom. The third-order valence-corrected chi connectivity index (χ3v) is 6.44. The molecule has 1 aromatic heterocycles. The van der Waals surface area contributed by atoms with Crippen molar-refractivity contribution in [3.05, 3.63) is 87.6 Å². The van der Waals surface area contributed by atoms with E-state index in [1.807, 2.05) is 12.1 Å². The highest BCUT2D eigenvalue weighted by Crippen LogP contribution is 2.35. The van der Waals surface area contributed by atoms with Crippen molar-refractivity contribution in [1.82, 2.24) is 14.5 Å². The maximum absolute atomic E-state index is 13.5. The number of halogens is 1. The molecule has 3 heterocycles. The van der Waals surface area contributed by atoms with Crippen LogP contribution in [0.15, 0.2) is 59.4 Å². The molecular weight excluding hydrogens is 421 g/mol. The van der Waals surface area contributed by atoms with Crippen molar-refractivity contribution in [2.75, 3.05) is 18.4 Å². The lowest BCUT2D eigenvalue weighted by atomic mass is 9.88. The topological polar surface area (TPSA) is 83.2 Å². The van der Waals surface area contributed by atoms with Crippen LogP contribution in [-0.4, -0.2) is 33.1 Å². The molecule has 33 heavy (non-hydrogen) atoms. The first-order valence-electron chi connectivity index (χ1n) is 11.0. The van der Waals surface area contributed by atoms with Crippen molar-refractivity contribution < 1.29 is 9.13 Å². The van der Waals surface area contributed by atoms with E-state index in [0.29, 0.717) is 17.9 Å². The lowest BCUT2D eigenvalue weighted by Crippen LogP contribution is -2.48. The van der Waals surface area contributed by atoms with Crippen molar-refractivity contribution in [1.29, 1.82) is 5.26 Å². The van der Waals surface area contributed by atoms with Crippen LogP contribution < -0.4 is 15.7 Å². The number of anilines is 1. The van der Waals surface area contributed by atoms with Gasteiger partial charge < -0.3 is 10.1 Å². The van der Waals surface area contributed by atoms with E-state index < -0.39 is 5.82 Å². The molecule has 0 aliphatic carbocycles. The Kier molecular flexibility index (Phi) is 5.56. The number of likely N-dealkylation sites (tertiary alicyclic amines) is 1.